The Bertz CT molecular complexity index is 390. The van der Waals surface area contributed by atoms with E-state index in [9.17, 15) is 4.39 Å². The molecule has 1 fully saturated rings. The molecule has 2 rings (SSSR count). The van der Waals surface area contributed by atoms with E-state index in [1.165, 1.54) is 11.6 Å². The van der Waals surface area contributed by atoms with Crippen molar-refractivity contribution in [2.75, 3.05) is 13.1 Å². The van der Waals surface area contributed by atoms with Crippen LogP contribution in [0.5, 0.6) is 0 Å². The van der Waals surface area contributed by atoms with Gasteiger partial charge in [-0.05, 0) is 49.6 Å². The molecule has 1 aromatic rings. The Morgan fingerprint density at radius 3 is 2.88 bits per heavy atom. The molecule has 2 unspecified atom stereocenters. The maximum absolute atomic E-state index is 13.1. The lowest BCUT2D eigenvalue weighted by Gasteiger charge is -2.28. The van der Waals surface area contributed by atoms with Crippen LogP contribution in [-0.2, 0) is 0 Å². The SMILES string of the molecule is CCCN1CCC(N)C1c1ccc(F)cc1C. The summed E-state index contributed by atoms with van der Waals surface area (Å²) >= 11 is 0. The van der Waals surface area contributed by atoms with Crippen molar-refractivity contribution in [3.8, 4) is 0 Å². The van der Waals surface area contributed by atoms with Crippen molar-refractivity contribution >= 4 is 0 Å². The normalized spacial score (nSPS) is 25.4. The third kappa shape index (κ3) is 2.50. The quantitative estimate of drug-likeness (QED) is 0.874. The zero-order valence-corrected chi connectivity index (χ0v) is 10.6. The summed E-state index contributed by atoms with van der Waals surface area (Å²) in [6, 6.07) is 5.46. The van der Waals surface area contributed by atoms with Crippen molar-refractivity contribution < 1.29 is 4.39 Å². The predicted octanol–water partition coefficient (Wildman–Crippen LogP) is 2.62. The number of nitrogens with two attached hydrogens (primary N) is 1. The van der Waals surface area contributed by atoms with Crippen LogP contribution in [0.1, 0.15) is 36.9 Å². The topological polar surface area (TPSA) is 29.3 Å². The van der Waals surface area contributed by atoms with Gasteiger partial charge in [-0.1, -0.05) is 13.0 Å². The van der Waals surface area contributed by atoms with E-state index in [-0.39, 0.29) is 17.9 Å². The van der Waals surface area contributed by atoms with E-state index in [1.807, 2.05) is 13.0 Å². The number of aryl methyl sites for hydroxylation is 1. The maximum atomic E-state index is 13.1. The van der Waals surface area contributed by atoms with Crippen LogP contribution < -0.4 is 5.73 Å². The first-order chi connectivity index (χ1) is 8.13. The van der Waals surface area contributed by atoms with Crippen molar-refractivity contribution in [1.82, 2.24) is 4.90 Å². The third-order valence-electron chi connectivity index (χ3n) is 3.61. The average molecular weight is 236 g/mol. The second-order valence-corrected chi connectivity index (χ2v) is 4.93. The minimum absolute atomic E-state index is 0.167. The fourth-order valence-electron chi connectivity index (χ4n) is 2.82. The molecule has 94 valence electrons. The molecule has 0 spiro atoms. The van der Waals surface area contributed by atoms with Gasteiger partial charge in [-0.3, -0.25) is 4.90 Å². The minimum atomic E-state index is -0.167. The second kappa shape index (κ2) is 5.15. The summed E-state index contributed by atoms with van der Waals surface area (Å²) in [5.41, 5.74) is 8.40. The standard InChI is InChI=1S/C14H21FN2/c1-3-7-17-8-6-13(16)14(17)12-5-4-11(15)9-10(12)2/h4-5,9,13-14H,3,6-8,16H2,1-2H3. The zero-order valence-electron chi connectivity index (χ0n) is 10.6. The van der Waals surface area contributed by atoms with Crippen molar-refractivity contribution in [1.29, 1.82) is 0 Å². The Kier molecular flexibility index (Phi) is 3.79. The molecular formula is C14H21FN2. The van der Waals surface area contributed by atoms with Crippen LogP contribution in [0, 0.1) is 12.7 Å². The van der Waals surface area contributed by atoms with Crippen molar-refractivity contribution in [3.05, 3.63) is 35.1 Å². The van der Waals surface area contributed by atoms with E-state index in [0.717, 1.165) is 31.5 Å². The number of likely N-dealkylation sites (tertiary alicyclic amines) is 1. The maximum Gasteiger partial charge on any atom is 0.123 e. The Hall–Kier alpha value is -0.930. The highest BCUT2D eigenvalue weighted by atomic mass is 19.1. The monoisotopic (exact) mass is 236 g/mol. The van der Waals surface area contributed by atoms with Gasteiger partial charge >= 0.3 is 0 Å². The number of nitrogens with zero attached hydrogens (tertiary/aromatic N) is 1. The molecule has 0 aliphatic carbocycles. The van der Waals surface area contributed by atoms with Crippen molar-refractivity contribution in [3.63, 3.8) is 0 Å². The fourth-order valence-corrected chi connectivity index (χ4v) is 2.82. The Labute approximate surface area is 103 Å². The summed E-state index contributed by atoms with van der Waals surface area (Å²) in [5, 5.41) is 0. The van der Waals surface area contributed by atoms with Gasteiger partial charge in [0.2, 0.25) is 0 Å². The molecule has 0 saturated carbocycles. The van der Waals surface area contributed by atoms with Crippen LogP contribution in [0.2, 0.25) is 0 Å². The third-order valence-corrected chi connectivity index (χ3v) is 3.61. The van der Waals surface area contributed by atoms with E-state index >= 15 is 0 Å². The predicted molar refractivity (Wildman–Crippen MR) is 68.3 cm³/mol. The number of halogens is 1. The van der Waals surface area contributed by atoms with Gasteiger partial charge in [-0.15, -0.1) is 0 Å². The first-order valence-electron chi connectivity index (χ1n) is 6.39. The molecule has 1 aliphatic rings. The Balaban J connectivity index is 2.29. The molecule has 0 radical (unpaired) electrons. The van der Waals surface area contributed by atoms with Crippen LogP contribution in [0.15, 0.2) is 18.2 Å². The van der Waals surface area contributed by atoms with Gasteiger partial charge in [-0.2, -0.15) is 0 Å². The van der Waals surface area contributed by atoms with Crippen LogP contribution in [0.3, 0.4) is 0 Å². The smallest absolute Gasteiger partial charge is 0.123 e. The van der Waals surface area contributed by atoms with Gasteiger partial charge in [0.15, 0.2) is 0 Å². The molecule has 2 N–H and O–H groups in total. The molecular weight excluding hydrogens is 215 g/mol. The molecule has 3 heteroatoms. The summed E-state index contributed by atoms with van der Waals surface area (Å²) in [5.74, 6) is -0.167. The number of hydrogen-bond donors (Lipinski definition) is 1. The van der Waals surface area contributed by atoms with Crippen molar-refractivity contribution in [2.45, 2.75) is 38.8 Å². The van der Waals surface area contributed by atoms with Gasteiger partial charge in [0.25, 0.3) is 0 Å². The summed E-state index contributed by atoms with van der Waals surface area (Å²) in [4.78, 5) is 2.42. The fraction of sp³-hybridized carbons (Fsp3) is 0.571. The van der Waals surface area contributed by atoms with E-state index in [1.54, 1.807) is 6.07 Å². The van der Waals surface area contributed by atoms with Gasteiger partial charge in [0.05, 0.1) is 6.04 Å². The van der Waals surface area contributed by atoms with Crippen LogP contribution in [0.25, 0.3) is 0 Å². The first kappa shape index (κ1) is 12.5. The molecule has 0 amide bonds. The second-order valence-electron chi connectivity index (χ2n) is 4.93. The lowest BCUT2D eigenvalue weighted by molar-refractivity contribution is 0.247. The summed E-state index contributed by atoms with van der Waals surface area (Å²) in [6.07, 6.45) is 2.16. The highest BCUT2D eigenvalue weighted by molar-refractivity contribution is 5.31. The van der Waals surface area contributed by atoms with Crippen LogP contribution >= 0.6 is 0 Å². The molecule has 0 bridgehead atoms. The lowest BCUT2D eigenvalue weighted by Crippen LogP contribution is -2.32. The lowest BCUT2D eigenvalue weighted by atomic mass is 9.96. The Morgan fingerprint density at radius 2 is 2.24 bits per heavy atom. The molecule has 2 nitrogen and oxygen atoms in total. The molecule has 0 aromatic heterocycles. The van der Waals surface area contributed by atoms with E-state index in [4.69, 9.17) is 5.73 Å². The Morgan fingerprint density at radius 1 is 1.47 bits per heavy atom. The molecule has 17 heavy (non-hydrogen) atoms. The van der Waals surface area contributed by atoms with Gasteiger partial charge < -0.3 is 5.73 Å². The van der Waals surface area contributed by atoms with E-state index in [2.05, 4.69) is 11.8 Å². The summed E-state index contributed by atoms with van der Waals surface area (Å²) < 4.78 is 13.1. The van der Waals surface area contributed by atoms with Gasteiger partial charge in [-0.25, -0.2) is 4.39 Å². The van der Waals surface area contributed by atoms with Crippen molar-refractivity contribution in [2.24, 2.45) is 5.73 Å². The highest BCUT2D eigenvalue weighted by Crippen LogP contribution is 2.33. The number of benzene rings is 1. The number of hydrogen-bond acceptors (Lipinski definition) is 2. The minimum Gasteiger partial charge on any atom is -0.326 e. The van der Waals surface area contributed by atoms with Crippen LogP contribution in [0.4, 0.5) is 4.39 Å². The van der Waals surface area contributed by atoms with E-state index < -0.39 is 0 Å². The molecule has 2 atom stereocenters. The molecule has 1 aliphatic heterocycles. The summed E-state index contributed by atoms with van der Waals surface area (Å²) in [7, 11) is 0. The average Bonchev–Trinajstić information content (AvgIpc) is 2.62. The van der Waals surface area contributed by atoms with Crippen LogP contribution in [-0.4, -0.2) is 24.0 Å². The number of rotatable bonds is 3. The highest BCUT2D eigenvalue weighted by Gasteiger charge is 2.32. The largest absolute Gasteiger partial charge is 0.326 e. The van der Waals surface area contributed by atoms with Gasteiger partial charge in [0, 0.05) is 12.6 Å². The van der Waals surface area contributed by atoms with Gasteiger partial charge in [0.1, 0.15) is 5.82 Å². The molecule has 1 saturated heterocycles. The molecule has 1 aromatic carbocycles. The van der Waals surface area contributed by atoms with E-state index in [0.29, 0.717) is 0 Å². The molecule has 1 heterocycles. The first-order valence-corrected chi connectivity index (χ1v) is 6.39. The summed E-state index contributed by atoms with van der Waals surface area (Å²) in [6.45, 7) is 6.26. The zero-order chi connectivity index (χ0) is 12.4.